The molecule has 362 valence electrons. The second-order valence-corrected chi connectivity index (χ2v) is 17.0. The van der Waals surface area contributed by atoms with Crippen LogP contribution in [0.2, 0.25) is 0 Å². The first kappa shape index (κ1) is 64.9. The molecule has 0 aromatic rings. The Hall–Kier alpha value is -3.71. The number of amides is 4. The van der Waals surface area contributed by atoms with Crippen LogP contribution in [0.5, 0.6) is 0 Å². The molecule has 13 nitrogen and oxygen atoms in total. The molecule has 1 aliphatic heterocycles. The lowest BCUT2D eigenvalue weighted by molar-refractivity contribution is -0.140. The van der Waals surface area contributed by atoms with Crippen molar-refractivity contribution in [3.05, 3.63) is 24.3 Å². The Labute approximate surface area is 379 Å². The number of allylic oxidation sites excluding steroid dienone is 3. The topological polar surface area (TPSA) is 183 Å². The zero-order valence-electron chi connectivity index (χ0n) is 42.4. The molecule has 0 spiro atoms. The Kier molecular flexibility index (Phi) is 40.8. The maximum Gasteiger partial charge on any atom is 0.315 e. The van der Waals surface area contributed by atoms with Crippen LogP contribution in [0.25, 0.3) is 0 Å². The van der Waals surface area contributed by atoms with E-state index in [1.165, 1.54) is 25.7 Å². The monoisotopic (exact) mass is 879 g/mol. The van der Waals surface area contributed by atoms with Crippen molar-refractivity contribution in [3.8, 4) is 0 Å². The molecular weight excluding hydrogens is 785 g/mol. The molecule has 6 unspecified atom stereocenters. The van der Waals surface area contributed by atoms with Crippen LogP contribution in [0.15, 0.2) is 24.3 Å². The van der Waals surface area contributed by atoms with Gasteiger partial charge in [-0.25, -0.2) is 4.79 Å². The minimum absolute atomic E-state index is 0.0374. The molecule has 4 amide bonds. The molecule has 0 aromatic carbocycles. The molecule has 2 fully saturated rings. The highest BCUT2D eigenvalue weighted by Crippen LogP contribution is 2.30. The van der Waals surface area contributed by atoms with Gasteiger partial charge in [0.05, 0.1) is 30.7 Å². The van der Waals surface area contributed by atoms with Crippen LogP contribution in [-0.4, -0.2) is 105 Å². The van der Waals surface area contributed by atoms with E-state index in [1.807, 2.05) is 128 Å². The van der Waals surface area contributed by atoms with Crippen LogP contribution >= 0.6 is 0 Å². The largest absolute Gasteiger partial charge is 0.344 e. The summed E-state index contributed by atoms with van der Waals surface area (Å²) in [6, 6.07) is -1.72. The van der Waals surface area contributed by atoms with Gasteiger partial charge in [-0.3, -0.25) is 19.3 Å². The fourth-order valence-electron chi connectivity index (χ4n) is 6.31. The number of ketones is 1. The predicted molar refractivity (Wildman–Crippen MR) is 258 cm³/mol. The Morgan fingerprint density at radius 2 is 1.40 bits per heavy atom. The third kappa shape index (κ3) is 29.6. The molecule has 3 rings (SSSR count). The zero-order valence-corrected chi connectivity index (χ0v) is 42.4. The van der Waals surface area contributed by atoms with Gasteiger partial charge >= 0.3 is 6.03 Å². The number of carbonyl (C=O) groups is 7. The van der Waals surface area contributed by atoms with Crippen LogP contribution in [0, 0.1) is 28.6 Å². The molecule has 13 heteroatoms. The first-order chi connectivity index (χ1) is 29.4. The SMILES string of the molecule is CC.CC.CC.CC.CC(C)(C)CNC(=O)NC(C=O)C(C)(C)C.CCCC1CCN(C)C1C=O.CNC(CC1CCC1)C(=O)C(=O)NCC(=O)NC(C=O)C1C=CC=CCC1. The van der Waals surface area contributed by atoms with Crippen molar-refractivity contribution in [1.82, 2.24) is 31.5 Å². The van der Waals surface area contributed by atoms with E-state index >= 15 is 0 Å². The lowest BCUT2D eigenvalue weighted by Crippen LogP contribution is -2.50. The average molecular weight is 879 g/mol. The van der Waals surface area contributed by atoms with E-state index in [2.05, 4.69) is 38.4 Å². The maximum atomic E-state index is 12.2. The van der Waals surface area contributed by atoms with Gasteiger partial charge < -0.3 is 41.0 Å². The molecule has 62 heavy (non-hydrogen) atoms. The van der Waals surface area contributed by atoms with Gasteiger partial charge in [0.2, 0.25) is 11.7 Å². The van der Waals surface area contributed by atoms with Gasteiger partial charge in [0.25, 0.3) is 5.91 Å². The number of aldehydes is 3. The summed E-state index contributed by atoms with van der Waals surface area (Å²) in [6.45, 7) is 31.4. The van der Waals surface area contributed by atoms with Crippen molar-refractivity contribution in [1.29, 1.82) is 0 Å². The van der Waals surface area contributed by atoms with Gasteiger partial charge in [-0.15, -0.1) is 0 Å². The molecule has 3 aliphatic rings. The Bertz CT molecular complexity index is 1270. The van der Waals surface area contributed by atoms with Crippen molar-refractivity contribution >= 4 is 42.5 Å². The molecule has 6 atom stereocenters. The number of nitrogens with one attached hydrogen (secondary N) is 5. The van der Waals surface area contributed by atoms with E-state index < -0.39 is 35.7 Å². The first-order valence-corrected chi connectivity index (χ1v) is 23.6. The minimum Gasteiger partial charge on any atom is -0.344 e. The van der Waals surface area contributed by atoms with E-state index in [0.29, 0.717) is 31.1 Å². The van der Waals surface area contributed by atoms with Crippen molar-refractivity contribution in [3.63, 3.8) is 0 Å². The van der Waals surface area contributed by atoms with E-state index in [-0.39, 0.29) is 35.4 Å². The number of hydrogen-bond acceptors (Lipinski definition) is 9. The normalized spacial score (nSPS) is 19.1. The quantitative estimate of drug-likeness (QED) is 0.0758. The van der Waals surface area contributed by atoms with Gasteiger partial charge in [-0.2, -0.15) is 0 Å². The van der Waals surface area contributed by atoms with Crippen LogP contribution in [-0.2, 0) is 28.8 Å². The first-order valence-electron chi connectivity index (χ1n) is 23.6. The summed E-state index contributed by atoms with van der Waals surface area (Å²) in [6.07, 6.45) is 19.4. The third-order valence-electron chi connectivity index (χ3n) is 10.1. The number of urea groups is 1. The average Bonchev–Trinajstić information content (AvgIpc) is 3.40. The molecule has 0 radical (unpaired) electrons. The summed E-state index contributed by atoms with van der Waals surface area (Å²) in [4.78, 5) is 82.9. The summed E-state index contributed by atoms with van der Waals surface area (Å²) >= 11 is 0. The van der Waals surface area contributed by atoms with Crippen molar-refractivity contribution in [2.24, 2.45) is 28.6 Å². The smallest absolute Gasteiger partial charge is 0.315 e. The fourth-order valence-corrected chi connectivity index (χ4v) is 6.31. The molecule has 1 saturated heterocycles. The molecular formula is C49H94N6O7. The minimum atomic E-state index is -0.773. The van der Waals surface area contributed by atoms with Gasteiger partial charge in [-0.1, -0.05) is 154 Å². The number of hydrogen-bond donors (Lipinski definition) is 5. The molecule has 1 saturated carbocycles. The lowest BCUT2D eigenvalue weighted by atomic mass is 9.80. The summed E-state index contributed by atoms with van der Waals surface area (Å²) in [7, 11) is 3.69. The number of Topliss-reactive ketones (excluding diaryl/α,β-unsaturated/α-hetero) is 1. The van der Waals surface area contributed by atoms with Crippen molar-refractivity contribution in [2.45, 2.75) is 186 Å². The van der Waals surface area contributed by atoms with Crippen LogP contribution in [0.4, 0.5) is 4.79 Å². The lowest BCUT2D eigenvalue weighted by Gasteiger charge is -2.28. The highest BCUT2D eigenvalue weighted by atomic mass is 16.2. The fraction of sp³-hybridized carbons (Fsp3) is 0.776. The molecule has 1 heterocycles. The molecule has 5 N–H and O–H groups in total. The van der Waals surface area contributed by atoms with Crippen LogP contribution < -0.4 is 26.6 Å². The van der Waals surface area contributed by atoms with Gasteiger partial charge in [0.15, 0.2) is 0 Å². The molecule has 2 aliphatic carbocycles. The van der Waals surface area contributed by atoms with Gasteiger partial charge in [0.1, 0.15) is 18.9 Å². The summed E-state index contributed by atoms with van der Waals surface area (Å²) in [5.74, 6) is -0.791. The molecule has 0 bridgehead atoms. The Balaban J connectivity index is -0.000000408. The predicted octanol–water partition coefficient (Wildman–Crippen LogP) is 8.01. The van der Waals surface area contributed by atoms with Gasteiger partial charge in [-0.05, 0) is 75.4 Å². The highest BCUT2D eigenvalue weighted by Gasteiger charge is 2.31. The van der Waals surface area contributed by atoms with E-state index in [9.17, 15) is 33.6 Å². The molecule has 0 aromatic heterocycles. The number of nitrogens with zero attached hydrogens (tertiary/aromatic N) is 1. The summed E-state index contributed by atoms with van der Waals surface area (Å²) in [5.41, 5.74) is -0.226. The van der Waals surface area contributed by atoms with Crippen molar-refractivity contribution < 1.29 is 33.6 Å². The van der Waals surface area contributed by atoms with E-state index in [1.54, 1.807) is 7.05 Å². The summed E-state index contributed by atoms with van der Waals surface area (Å²) < 4.78 is 0. The number of likely N-dealkylation sites (tertiary alicyclic amines) is 1. The van der Waals surface area contributed by atoms with Crippen molar-refractivity contribution in [2.75, 3.05) is 33.7 Å². The summed E-state index contributed by atoms with van der Waals surface area (Å²) in [5, 5.41) is 13.3. The zero-order chi connectivity index (χ0) is 48.9. The third-order valence-corrected chi connectivity index (χ3v) is 10.1. The van der Waals surface area contributed by atoms with Crippen LogP contribution in [0.1, 0.15) is 162 Å². The Morgan fingerprint density at radius 3 is 1.85 bits per heavy atom. The van der Waals surface area contributed by atoms with E-state index in [4.69, 9.17) is 0 Å². The number of carbonyl (C=O) groups excluding carboxylic acids is 7. The van der Waals surface area contributed by atoms with E-state index in [0.717, 1.165) is 44.8 Å². The van der Waals surface area contributed by atoms with Gasteiger partial charge in [0, 0.05) is 12.5 Å². The van der Waals surface area contributed by atoms with Crippen LogP contribution in [0.3, 0.4) is 0 Å². The second kappa shape index (κ2) is 38.9. The standard InChI is InChI=1S/C20H29N3O4.C12H24N2O2.C9H17NO.4C2H6/c1-21-16(11-14-7-6-8-14)19(26)20(27)22-12-18(25)23-17(13-24)15-9-4-2-3-5-10-15;1-11(2,3)8-13-10(16)14-9(7-15)12(4,5)6;1-3-4-8-5-6-10(2)9(8)7-11;4*1-2/h2-4,9,13-17,21H,5-8,10-12H2,1H3,(H,22,27)(H,23,25);7,9H,8H2,1-6H3,(H2,13,14,16);7-9H,3-6H2,1-2H3;4*1-2H3. The second-order valence-electron chi connectivity index (χ2n) is 17.0. The number of likely N-dealkylation sites (N-methyl/N-ethyl adjacent to an activating group) is 2. The maximum absolute atomic E-state index is 12.2. The number of rotatable bonds is 16. The Morgan fingerprint density at radius 1 is 0.806 bits per heavy atom. The highest BCUT2D eigenvalue weighted by molar-refractivity contribution is 6.38.